The first kappa shape index (κ1) is 16.4. The molecule has 0 saturated carbocycles. The summed E-state index contributed by atoms with van der Waals surface area (Å²) in [4.78, 5) is 10.4. The minimum atomic E-state index is -0.423. The van der Waals surface area contributed by atoms with E-state index in [1.165, 1.54) is 18.0 Å². The number of hydrogen-bond donors (Lipinski definition) is 1. The van der Waals surface area contributed by atoms with Gasteiger partial charge in [0.15, 0.2) is 5.82 Å². The lowest BCUT2D eigenvalue weighted by molar-refractivity contribution is -0.0533. The van der Waals surface area contributed by atoms with E-state index in [9.17, 15) is 4.39 Å². The Morgan fingerprint density at radius 1 is 1.24 bits per heavy atom. The molecule has 2 aliphatic heterocycles. The van der Waals surface area contributed by atoms with Gasteiger partial charge in [0.05, 0.1) is 30.6 Å². The largest absolute Gasteiger partial charge is 0.371 e. The summed E-state index contributed by atoms with van der Waals surface area (Å²) in [5.41, 5.74) is 1.25. The molecule has 3 heterocycles. The molecule has 5 nitrogen and oxygen atoms in total. The Bertz CT molecular complexity index is 696. The van der Waals surface area contributed by atoms with Gasteiger partial charge >= 0.3 is 0 Å². The number of piperidine rings is 1. The molecule has 0 amide bonds. The van der Waals surface area contributed by atoms with Gasteiger partial charge in [-0.3, -0.25) is 4.90 Å². The van der Waals surface area contributed by atoms with Crippen LogP contribution >= 0.6 is 0 Å². The fraction of sp³-hybridized carbons (Fsp3) is 0.474. The minimum Gasteiger partial charge on any atom is -0.371 e. The first-order chi connectivity index (χ1) is 12.2. The monoisotopic (exact) mass is 342 g/mol. The maximum atomic E-state index is 12.9. The van der Waals surface area contributed by atoms with E-state index in [0.717, 1.165) is 38.9 Å². The lowest BCUT2D eigenvalue weighted by Gasteiger charge is -2.39. The second kappa shape index (κ2) is 7.06. The number of aromatic nitrogens is 2. The smallest absolute Gasteiger partial charge is 0.223 e. The number of benzene rings is 1. The summed E-state index contributed by atoms with van der Waals surface area (Å²) < 4.78 is 19.1. The predicted molar refractivity (Wildman–Crippen MR) is 93.7 cm³/mol. The van der Waals surface area contributed by atoms with E-state index in [1.807, 2.05) is 0 Å². The van der Waals surface area contributed by atoms with Crippen molar-refractivity contribution < 1.29 is 9.13 Å². The van der Waals surface area contributed by atoms with Crippen molar-refractivity contribution in [1.29, 1.82) is 0 Å². The van der Waals surface area contributed by atoms with Crippen LogP contribution in [0.3, 0.4) is 0 Å². The number of likely N-dealkylation sites (tertiary alicyclic amines) is 1. The Morgan fingerprint density at radius 2 is 2.04 bits per heavy atom. The molecule has 0 bridgehead atoms. The topological polar surface area (TPSA) is 50.3 Å². The van der Waals surface area contributed by atoms with Crippen molar-refractivity contribution in [3.63, 3.8) is 0 Å². The standard InChI is InChI=1S/C19H23FN4O/c20-16-10-21-18(22-11-16)23-17-9-19(25-13-17)7-4-8-24(14-19)12-15-5-2-1-3-6-15/h1-3,5-6,10-11,17H,4,7-9,12-14H2,(H,21,22,23)/t17-,19-/m0/s1. The number of halogens is 1. The first-order valence-electron chi connectivity index (χ1n) is 8.85. The molecule has 132 valence electrons. The number of ether oxygens (including phenoxy) is 1. The van der Waals surface area contributed by atoms with Crippen molar-refractivity contribution in [3.05, 3.63) is 54.1 Å². The van der Waals surface area contributed by atoms with Crippen LogP contribution in [0, 0.1) is 5.82 Å². The Labute approximate surface area is 147 Å². The van der Waals surface area contributed by atoms with Gasteiger partial charge in [0, 0.05) is 19.5 Å². The highest BCUT2D eigenvalue weighted by Crippen LogP contribution is 2.35. The number of anilines is 1. The lowest BCUT2D eigenvalue weighted by atomic mass is 9.88. The summed E-state index contributed by atoms with van der Waals surface area (Å²) in [5.74, 6) is 0.0394. The summed E-state index contributed by atoms with van der Waals surface area (Å²) >= 11 is 0. The van der Waals surface area contributed by atoms with E-state index in [0.29, 0.717) is 12.6 Å². The van der Waals surface area contributed by atoms with Crippen LogP contribution in [0.15, 0.2) is 42.7 Å². The van der Waals surface area contributed by atoms with Crippen molar-refractivity contribution in [3.8, 4) is 0 Å². The maximum absolute atomic E-state index is 12.9. The number of hydrogen-bond acceptors (Lipinski definition) is 5. The normalized spacial score (nSPS) is 26.8. The molecule has 1 N–H and O–H groups in total. The molecule has 0 aliphatic carbocycles. The highest BCUT2D eigenvalue weighted by Gasteiger charge is 2.43. The SMILES string of the molecule is Fc1cnc(N[C@@H]2CO[C@@]3(CCCN(Cc4ccccc4)C3)C2)nc1. The van der Waals surface area contributed by atoms with Crippen molar-refractivity contribution in [2.75, 3.05) is 25.0 Å². The predicted octanol–water partition coefficient (Wildman–Crippen LogP) is 2.85. The van der Waals surface area contributed by atoms with Crippen LogP contribution in [0.25, 0.3) is 0 Å². The van der Waals surface area contributed by atoms with Crippen LogP contribution < -0.4 is 5.32 Å². The molecule has 1 aromatic carbocycles. The first-order valence-corrected chi connectivity index (χ1v) is 8.85. The second-order valence-corrected chi connectivity index (χ2v) is 7.06. The van der Waals surface area contributed by atoms with E-state index in [-0.39, 0.29) is 11.6 Å². The van der Waals surface area contributed by atoms with Gasteiger partial charge in [0.25, 0.3) is 0 Å². The van der Waals surface area contributed by atoms with Crippen LogP contribution in [-0.4, -0.2) is 46.2 Å². The van der Waals surface area contributed by atoms with Crippen LogP contribution in [0.2, 0.25) is 0 Å². The fourth-order valence-electron chi connectivity index (χ4n) is 3.96. The minimum absolute atomic E-state index is 0.0925. The molecule has 1 aromatic heterocycles. The van der Waals surface area contributed by atoms with E-state index in [2.05, 4.69) is 50.5 Å². The van der Waals surface area contributed by atoms with Gasteiger partial charge in [-0.25, -0.2) is 14.4 Å². The van der Waals surface area contributed by atoms with E-state index in [1.54, 1.807) is 0 Å². The highest BCUT2D eigenvalue weighted by atomic mass is 19.1. The zero-order chi connectivity index (χ0) is 17.1. The Kier molecular flexibility index (Phi) is 4.63. The van der Waals surface area contributed by atoms with Gasteiger partial charge in [-0.1, -0.05) is 30.3 Å². The summed E-state index contributed by atoms with van der Waals surface area (Å²) in [6.45, 7) is 3.66. The van der Waals surface area contributed by atoms with Crippen molar-refractivity contribution >= 4 is 5.95 Å². The van der Waals surface area contributed by atoms with Crippen LogP contribution in [-0.2, 0) is 11.3 Å². The molecule has 0 unspecified atom stereocenters. The summed E-state index contributed by atoms with van der Waals surface area (Å²) in [6, 6.07) is 10.7. The average molecular weight is 342 g/mol. The molecule has 1 spiro atoms. The molecule has 4 rings (SSSR count). The third-order valence-corrected chi connectivity index (χ3v) is 5.03. The van der Waals surface area contributed by atoms with Crippen LogP contribution in [0.5, 0.6) is 0 Å². The van der Waals surface area contributed by atoms with Gasteiger partial charge in [0.1, 0.15) is 0 Å². The average Bonchev–Trinajstić information content (AvgIpc) is 3.00. The van der Waals surface area contributed by atoms with Crippen LogP contribution in [0.4, 0.5) is 10.3 Å². The number of nitrogens with zero attached hydrogens (tertiary/aromatic N) is 3. The molecular formula is C19H23FN4O. The highest BCUT2D eigenvalue weighted by molar-refractivity contribution is 5.26. The van der Waals surface area contributed by atoms with Gasteiger partial charge < -0.3 is 10.1 Å². The molecule has 0 radical (unpaired) electrons. The molecule has 6 heteroatoms. The summed E-state index contributed by atoms with van der Waals surface area (Å²) in [7, 11) is 0. The quantitative estimate of drug-likeness (QED) is 0.926. The molecule has 2 aliphatic rings. The third-order valence-electron chi connectivity index (χ3n) is 5.03. The van der Waals surface area contributed by atoms with Gasteiger partial charge in [-0.15, -0.1) is 0 Å². The van der Waals surface area contributed by atoms with Gasteiger partial charge in [-0.2, -0.15) is 0 Å². The summed E-state index contributed by atoms with van der Waals surface area (Å²) in [6.07, 6.45) is 5.53. The third kappa shape index (κ3) is 3.96. The molecule has 2 fully saturated rings. The molecule has 2 atom stereocenters. The molecule has 25 heavy (non-hydrogen) atoms. The van der Waals surface area contributed by atoms with Gasteiger partial charge in [-0.05, 0) is 24.9 Å². The Hall–Kier alpha value is -2.05. The molecule has 2 saturated heterocycles. The number of nitrogens with one attached hydrogen (secondary N) is 1. The van der Waals surface area contributed by atoms with Gasteiger partial charge in [0.2, 0.25) is 5.95 Å². The molecule has 2 aromatic rings. The Balaban J connectivity index is 1.36. The van der Waals surface area contributed by atoms with Crippen molar-refractivity contribution in [2.24, 2.45) is 0 Å². The Morgan fingerprint density at radius 3 is 2.84 bits per heavy atom. The van der Waals surface area contributed by atoms with Crippen molar-refractivity contribution in [2.45, 2.75) is 37.5 Å². The zero-order valence-electron chi connectivity index (χ0n) is 14.2. The maximum Gasteiger partial charge on any atom is 0.223 e. The van der Waals surface area contributed by atoms with E-state index >= 15 is 0 Å². The van der Waals surface area contributed by atoms with E-state index in [4.69, 9.17) is 4.74 Å². The summed E-state index contributed by atoms with van der Waals surface area (Å²) in [5, 5.41) is 3.27. The van der Waals surface area contributed by atoms with E-state index < -0.39 is 5.82 Å². The fourth-order valence-corrected chi connectivity index (χ4v) is 3.96. The zero-order valence-corrected chi connectivity index (χ0v) is 14.2. The second-order valence-electron chi connectivity index (χ2n) is 7.06. The lowest BCUT2D eigenvalue weighted by Crippen LogP contribution is -2.47. The van der Waals surface area contributed by atoms with Crippen molar-refractivity contribution in [1.82, 2.24) is 14.9 Å². The molecular weight excluding hydrogens is 319 g/mol. The number of rotatable bonds is 4. The van der Waals surface area contributed by atoms with Crippen LogP contribution in [0.1, 0.15) is 24.8 Å².